The lowest BCUT2D eigenvalue weighted by molar-refractivity contribution is -0.114. The molecule has 0 aliphatic rings. The van der Waals surface area contributed by atoms with Gasteiger partial charge >= 0.3 is 6.01 Å². The summed E-state index contributed by atoms with van der Waals surface area (Å²) >= 11 is 1.34. The van der Waals surface area contributed by atoms with Gasteiger partial charge in [0, 0.05) is 18.7 Å². The van der Waals surface area contributed by atoms with E-state index in [9.17, 15) is 9.59 Å². The summed E-state index contributed by atoms with van der Waals surface area (Å²) in [7, 11) is 0. The molecular weight excluding hydrogens is 290 g/mol. The Balaban J connectivity index is 1.84. The zero-order valence-corrected chi connectivity index (χ0v) is 11.9. The second-order valence-corrected chi connectivity index (χ2v) is 5.26. The number of carbonyl (C=O) groups is 2. The number of amides is 2. The second kappa shape index (κ2) is 5.37. The van der Waals surface area contributed by atoms with Crippen LogP contribution in [-0.4, -0.2) is 16.8 Å². The lowest BCUT2D eigenvalue weighted by Crippen LogP contribution is -2.10. The minimum atomic E-state index is -0.265. The van der Waals surface area contributed by atoms with Crippen molar-refractivity contribution in [2.45, 2.75) is 6.92 Å². The molecule has 0 aliphatic heterocycles. The van der Waals surface area contributed by atoms with E-state index in [0.717, 1.165) is 0 Å². The highest BCUT2D eigenvalue weighted by Gasteiger charge is 2.12. The predicted molar refractivity (Wildman–Crippen MR) is 80.6 cm³/mol. The summed E-state index contributed by atoms with van der Waals surface area (Å²) in [6.45, 7) is 1.43. The Morgan fingerprint density at radius 2 is 2.10 bits per heavy atom. The predicted octanol–water partition coefficient (Wildman–Crippen LogP) is 3.10. The molecule has 0 saturated heterocycles. The first-order chi connectivity index (χ1) is 10.1. The summed E-state index contributed by atoms with van der Waals surface area (Å²) in [6, 6.07) is 8.73. The number of thiophene rings is 1. The monoisotopic (exact) mass is 301 g/mol. The van der Waals surface area contributed by atoms with Gasteiger partial charge in [0.05, 0.1) is 4.88 Å². The number of aromatic nitrogens is 1. The zero-order chi connectivity index (χ0) is 14.8. The first-order valence-corrected chi connectivity index (χ1v) is 7.03. The van der Waals surface area contributed by atoms with Gasteiger partial charge in [-0.1, -0.05) is 6.07 Å². The minimum Gasteiger partial charge on any atom is -0.423 e. The van der Waals surface area contributed by atoms with Crippen LogP contribution in [0, 0.1) is 0 Å². The van der Waals surface area contributed by atoms with Crippen LogP contribution in [0.5, 0.6) is 0 Å². The summed E-state index contributed by atoms with van der Waals surface area (Å²) in [5.41, 5.74) is 1.70. The fourth-order valence-electron chi connectivity index (χ4n) is 1.83. The fourth-order valence-corrected chi connectivity index (χ4v) is 2.44. The molecule has 2 N–H and O–H groups in total. The molecule has 0 aliphatic carbocycles. The number of benzene rings is 1. The van der Waals surface area contributed by atoms with Crippen molar-refractivity contribution >= 4 is 46.0 Å². The molecule has 2 heterocycles. The second-order valence-electron chi connectivity index (χ2n) is 4.31. The highest BCUT2D eigenvalue weighted by Crippen LogP contribution is 2.23. The molecule has 0 bridgehead atoms. The minimum absolute atomic E-state index is 0.128. The Morgan fingerprint density at radius 3 is 2.81 bits per heavy atom. The number of carbonyl (C=O) groups excluding carboxylic acids is 2. The summed E-state index contributed by atoms with van der Waals surface area (Å²) < 4.78 is 5.47. The molecular formula is C14H11N3O3S. The molecule has 1 aromatic carbocycles. The molecule has 0 spiro atoms. The van der Waals surface area contributed by atoms with Crippen LogP contribution in [0.25, 0.3) is 11.1 Å². The third-order valence-electron chi connectivity index (χ3n) is 2.67. The molecule has 0 fully saturated rings. The van der Waals surface area contributed by atoms with Gasteiger partial charge in [-0.2, -0.15) is 4.98 Å². The van der Waals surface area contributed by atoms with Gasteiger partial charge in [-0.15, -0.1) is 11.3 Å². The van der Waals surface area contributed by atoms with Crippen molar-refractivity contribution in [2.24, 2.45) is 0 Å². The van der Waals surface area contributed by atoms with Crippen molar-refractivity contribution < 1.29 is 14.0 Å². The van der Waals surface area contributed by atoms with E-state index in [-0.39, 0.29) is 17.8 Å². The average Bonchev–Trinajstić information content (AvgIpc) is 3.05. The molecule has 2 amide bonds. The highest BCUT2D eigenvalue weighted by atomic mass is 32.1. The van der Waals surface area contributed by atoms with Gasteiger partial charge in [0.2, 0.25) is 5.91 Å². The maximum absolute atomic E-state index is 11.9. The summed E-state index contributed by atoms with van der Waals surface area (Å²) in [4.78, 5) is 27.7. The maximum Gasteiger partial charge on any atom is 0.302 e. The largest absolute Gasteiger partial charge is 0.423 e. The normalized spacial score (nSPS) is 10.5. The summed E-state index contributed by atoms with van der Waals surface area (Å²) in [5, 5.41) is 7.08. The van der Waals surface area contributed by atoms with Gasteiger partial charge in [-0.3, -0.25) is 14.9 Å². The van der Waals surface area contributed by atoms with E-state index >= 15 is 0 Å². The number of anilines is 2. The number of rotatable bonds is 3. The van der Waals surface area contributed by atoms with Gasteiger partial charge in [-0.05, 0) is 23.6 Å². The Hall–Kier alpha value is -2.67. The van der Waals surface area contributed by atoms with Crippen molar-refractivity contribution in [3.8, 4) is 0 Å². The summed E-state index contributed by atoms with van der Waals surface area (Å²) in [5.74, 6) is -0.432. The molecule has 0 unspecified atom stereocenters. The topological polar surface area (TPSA) is 84.2 Å². The first-order valence-electron chi connectivity index (χ1n) is 6.15. The first kappa shape index (κ1) is 13.3. The van der Waals surface area contributed by atoms with E-state index < -0.39 is 0 Å². The maximum atomic E-state index is 11.9. The third-order valence-corrected chi connectivity index (χ3v) is 3.54. The molecule has 6 nitrogen and oxygen atoms in total. The van der Waals surface area contributed by atoms with Crippen LogP contribution in [0.3, 0.4) is 0 Å². The molecule has 0 atom stereocenters. The van der Waals surface area contributed by atoms with E-state index in [1.165, 1.54) is 18.3 Å². The van der Waals surface area contributed by atoms with Crippen LogP contribution in [0.1, 0.15) is 16.6 Å². The van der Waals surface area contributed by atoms with Gasteiger partial charge < -0.3 is 9.73 Å². The van der Waals surface area contributed by atoms with Crippen molar-refractivity contribution in [1.82, 2.24) is 4.98 Å². The lowest BCUT2D eigenvalue weighted by Gasteiger charge is -1.99. The number of hydrogen-bond donors (Lipinski definition) is 2. The van der Waals surface area contributed by atoms with E-state index in [2.05, 4.69) is 15.6 Å². The van der Waals surface area contributed by atoms with Crippen LogP contribution in [0.2, 0.25) is 0 Å². The van der Waals surface area contributed by atoms with Crippen LogP contribution in [-0.2, 0) is 4.79 Å². The van der Waals surface area contributed by atoms with Crippen LogP contribution in [0.4, 0.5) is 11.7 Å². The van der Waals surface area contributed by atoms with E-state index in [1.54, 1.807) is 30.3 Å². The molecule has 21 heavy (non-hydrogen) atoms. The van der Waals surface area contributed by atoms with E-state index in [1.807, 2.05) is 5.38 Å². The lowest BCUT2D eigenvalue weighted by atomic mass is 10.3. The SMILES string of the molecule is CC(=O)Nc1ccc2nc(NC(=O)c3cccs3)oc2c1. The van der Waals surface area contributed by atoms with Crippen molar-refractivity contribution in [2.75, 3.05) is 10.6 Å². The molecule has 2 aromatic heterocycles. The standard InChI is InChI=1S/C14H11N3O3S/c1-8(18)15-9-4-5-10-11(7-9)20-14(16-10)17-13(19)12-3-2-6-21-12/h2-7H,1H3,(H,15,18)(H,16,17,19). The zero-order valence-electron chi connectivity index (χ0n) is 11.0. The fraction of sp³-hybridized carbons (Fsp3) is 0.0714. The van der Waals surface area contributed by atoms with Gasteiger partial charge in [0.1, 0.15) is 5.52 Å². The van der Waals surface area contributed by atoms with Crippen molar-refractivity contribution in [3.05, 3.63) is 40.6 Å². The highest BCUT2D eigenvalue weighted by molar-refractivity contribution is 7.12. The third kappa shape index (κ3) is 2.92. The van der Waals surface area contributed by atoms with Gasteiger partial charge in [0.25, 0.3) is 5.91 Å². The number of hydrogen-bond acceptors (Lipinski definition) is 5. The molecule has 106 valence electrons. The van der Waals surface area contributed by atoms with Gasteiger partial charge in [-0.25, -0.2) is 0 Å². The van der Waals surface area contributed by atoms with E-state index in [0.29, 0.717) is 21.7 Å². The van der Waals surface area contributed by atoms with Crippen LogP contribution < -0.4 is 10.6 Å². The Morgan fingerprint density at radius 1 is 1.24 bits per heavy atom. The van der Waals surface area contributed by atoms with Crippen molar-refractivity contribution in [3.63, 3.8) is 0 Å². The number of nitrogens with one attached hydrogen (secondary N) is 2. The quantitative estimate of drug-likeness (QED) is 0.778. The molecule has 0 radical (unpaired) electrons. The summed E-state index contributed by atoms with van der Waals surface area (Å²) in [6.07, 6.45) is 0. The Kier molecular flexibility index (Phi) is 3.41. The smallest absolute Gasteiger partial charge is 0.302 e. The average molecular weight is 301 g/mol. The van der Waals surface area contributed by atoms with Crippen molar-refractivity contribution in [1.29, 1.82) is 0 Å². The molecule has 3 aromatic rings. The molecule has 3 rings (SSSR count). The van der Waals surface area contributed by atoms with Crippen LogP contribution in [0.15, 0.2) is 40.1 Å². The van der Waals surface area contributed by atoms with Gasteiger partial charge in [0.15, 0.2) is 5.58 Å². The molecule has 0 saturated carbocycles. The Labute approximate surface area is 123 Å². The molecule has 7 heteroatoms. The van der Waals surface area contributed by atoms with Crippen LogP contribution >= 0.6 is 11.3 Å². The Bertz CT molecular complexity index is 808. The number of fused-ring (bicyclic) bond motifs is 1. The number of oxazole rings is 1. The van der Waals surface area contributed by atoms with E-state index in [4.69, 9.17) is 4.42 Å². The number of nitrogens with zero attached hydrogens (tertiary/aromatic N) is 1.